The van der Waals surface area contributed by atoms with Crippen molar-refractivity contribution in [3.05, 3.63) is 70.6 Å². The summed E-state index contributed by atoms with van der Waals surface area (Å²) in [6.45, 7) is 1.71. The second-order valence-electron chi connectivity index (χ2n) is 5.66. The van der Waals surface area contributed by atoms with Crippen molar-refractivity contribution in [3.63, 3.8) is 0 Å². The molecule has 0 radical (unpaired) electrons. The lowest BCUT2D eigenvalue weighted by Gasteiger charge is -2.10. The third-order valence-corrected chi connectivity index (χ3v) is 4.04. The summed E-state index contributed by atoms with van der Waals surface area (Å²) in [4.78, 5) is 20.2. The summed E-state index contributed by atoms with van der Waals surface area (Å²) >= 11 is 11.9. The topological polar surface area (TPSA) is 76.1 Å². The molecule has 0 bridgehead atoms. The van der Waals surface area contributed by atoms with Gasteiger partial charge in [0, 0.05) is 34.2 Å². The number of rotatable bonds is 6. The van der Waals surface area contributed by atoms with Crippen molar-refractivity contribution in [1.29, 1.82) is 0 Å². The molecule has 0 aliphatic rings. The quantitative estimate of drug-likeness (QED) is 0.615. The lowest BCUT2D eigenvalue weighted by Crippen LogP contribution is -2.20. The van der Waals surface area contributed by atoms with E-state index in [1.807, 2.05) is 25.1 Å². The molecule has 138 valence electrons. The molecule has 27 heavy (non-hydrogen) atoms. The fraction of sp³-hybridized carbons (Fsp3) is 0.105. The maximum atomic E-state index is 12.1. The zero-order valence-corrected chi connectivity index (χ0v) is 15.9. The van der Waals surface area contributed by atoms with E-state index in [1.165, 1.54) is 6.33 Å². The number of hydrogen-bond donors (Lipinski definition) is 2. The van der Waals surface area contributed by atoms with Gasteiger partial charge in [-0.2, -0.15) is 0 Å². The Morgan fingerprint density at radius 1 is 1.04 bits per heavy atom. The summed E-state index contributed by atoms with van der Waals surface area (Å²) in [5.74, 6) is 0.753. The Kier molecular flexibility index (Phi) is 6.11. The number of amides is 1. The van der Waals surface area contributed by atoms with Crippen molar-refractivity contribution in [2.75, 3.05) is 17.2 Å². The summed E-state index contributed by atoms with van der Waals surface area (Å²) in [6.07, 6.45) is 1.50. The first-order chi connectivity index (χ1) is 13.0. The van der Waals surface area contributed by atoms with Crippen LogP contribution >= 0.6 is 23.2 Å². The number of halogens is 2. The molecule has 0 fully saturated rings. The minimum absolute atomic E-state index is 0.180. The Morgan fingerprint density at radius 3 is 2.52 bits per heavy atom. The highest BCUT2D eigenvalue weighted by Gasteiger charge is 2.07. The number of hydrogen-bond acceptors (Lipinski definition) is 5. The van der Waals surface area contributed by atoms with Gasteiger partial charge < -0.3 is 15.4 Å². The standard InChI is InChI=1S/C19H16Cl2N4O2/c1-12-8-18(23-11-22-12)24-14-3-5-15(6-4-14)25-19(26)10-27-17-9-13(20)2-7-16(17)21/h2-9,11H,10H2,1H3,(H,25,26)(H,22,23,24). The normalized spacial score (nSPS) is 10.3. The smallest absolute Gasteiger partial charge is 0.262 e. The Balaban J connectivity index is 1.54. The third kappa shape index (κ3) is 5.57. The van der Waals surface area contributed by atoms with Gasteiger partial charge in [-0.25, -0.2) is 9.97 Å². The summed E-state index contributed by atoms with van der Waals surface area (Å²) in [7, 11) is 0. The number of aromatic nitrogens is 2. The van der Waals surface area contributed by atoms with E-state index in [4.69, 9.17) is 27.9 Å². The predicted molar refractivity (Wildman–Crippen MR) is 107 cm³/mol. The highest BCUT2D eigenvalue weighted by Crippen LogP contribution is 2.27. The average molecular weight is 403 g/mol. The van der Waals surface area contributed by atoms with Crippen molar-refractivity contribution in [3.8, 4) is 5.75 Å². The van der Waals surface area contributed by atoms with E-state index in [0.29, 0.717) is 27.3 Å². The number of carbonyl (C=O) groups is 1. The number of ether oxygens (including phenoxy) is 1. The molecule has 2 aromatic carbocycles. The Labute approximate surface area is 166 Å². The molecule has 8 heteroatoms. The average Bonchev–Trinajstić information content (AvgIpc) is 2.64. The molecular formula is C19H16Cl2N4O2. The Hall–Kier alpha value is -2.83. The van der Waals surface area contributed by atoms with Crippen LogP contribution in [0.4, 0.5) is 17.2 Å². The molecule has 0 atom stereocenters. The first-order valence-electron chi connectivity index (χ1n) is 8.03. The monoisotopic (exact) mass is 402 g/mol. The molecule has 0 aliphatic heterocycles. The van der Waals surface area contributed by atoms with Gasteiger partial charge in [0.15, 0.2) is 6.61 Å². The SMILES string of the molecule is Cc1cc(Nc2ccc(NC(=O)COc3cc(Cl)ccc3Cl)cc2)ncn1. The van der Waals surface area contributed by atoms with Crippen LogP contribution in [-0.2, 0) is 4.79 Å². The molecule has 0 unspecified atom stereocenters. The maximum Gasteiger partial charge on any atom is 0.262 e. The minimum Gasteiger partial charge on any atom is -0.482 e. The van der Waals surface area contributed by atoms with Crippen LogP contribution in [-0.4, -0.2) is 22.5 Å². The van der Waals surface area contributed by atoms with Crippen LogP contribution in [0.25, 0.3) is 0 Å². The number of anilines is 3. The molecule has 0 spiro atoms. The van der Waals surface area contributed by atoms with Crippen LogP contribution < -0.4 is 15.4 Å². The van der Waals surface area contributed by atoms with E-state index in [1.54, 1.807) is 30.3 Å². The van der Waals surface area contributed by atoms with E-state index >= 15 is 0 Å². The molecule has 0 saturated heterocycles. The molecule has 3 aromatic rings. The van der Waals surface area contributed by atoms with Gasteiger partial charge in [-0.3, -0.25) is 4.79 Å². The van der Waals surface area contributed by atoms with Crippen LogP contribution in [0, 0.1) is 6.92 Å². The van der Waals surface area contributed by atoms with Crippen LogP contribution in [0.5, 0.6) is 5.75 Å². The molecule has 2 N–H and O–H groups in total. The van der Waals surface area contributed by atoms with Gasteiger partial charge >= 0.3 is 0 Å². The van der Waals surface area contributed by atoms with E-state index in [-0.39, 0.29) is 12.5 Å². The van der Waals surface area contributed by atoms with Gasteiger partial charge in [-0.15, -0.1) is 0 Å². The van der Waals surface area contributed by atoms with E-state index in [2.05, 4.69) is 20.6 Å². The van der Waals surface area contributed by atoms with Gasteiger partial charge in [0.2, 0.25) is 0 Å². The van der Waals surface area contributed by atoms with Crippen LogP contribution in [0.15, 0.2) is 54.9 Å². The predicted octanol–water partition coefficient (Wildman–Crippen LogP) is 4.85. The van der Waals surface area contributed by atoms with Crippen molar-refractivity contribution >= 4 is 46.3 Å². The summed E-state index contributed by atoms with van der Waals surface area (Å²) in [5, 5.41) is 6.80. The lowest BCUT2D eigenvalue weighted by molar-refractivity contribution is -0.118. The minimum atomic E-state index is -0.307. The second-order valence-corrected chi connectivity index (χ2v) is 6.50. The van der Waals surface area contributed by atoms with Gasteiger partial charge in [0.05, 0.1) is 5.02 Å². The fourth-order valence-corrected chi connectivity index (χ4v) is 2.57. The summed E-state index contributed by atoms with van der Waals surface area (Å²) in [6, 6.07) is 13.9. The second kappa shape index (κ2) is 8.70. The fourth-order valence-electron chi connectivity index (χ4n) is 2.24. The van der Waals surface area contributed by atoms with E-state index in [9.17, 15) is 4.79 Å². The third-order valence-electron chi connectivity index (χ3n) is 3.50. The summed E-state index contributed by atoms with van der Waals surface area (Å²) < 4.78 is 5.41. The van der Waals surface area contributed by atoms with Crippen molar-refractivity contribution in [2.24, 2.45) is 0 Å². The van der Waals surface area contributed by atoms with Crippen LogP contribution in [0.3, 0.4) is 0 Å². The first kappa shape index (κ1) is 18.9. The van der Waals surface area contributed by atoms with Crippen LogP contribution in [0.2, 0.25) is 10.0 Å². The molecule has 1 heterocycles. The summed E-state index contributed by atoms with van der Waals surface area (Å²) in [5.41, 5.74) is 2.36. The number of benzene rings is 2. The number of carbonyl (C=O) groups excluding carboxylic acids is 1. The largest absolute Gasteiger partial charge is 0.482 e. The number of nitrogens with zero attached hydrogens (tertiary/aromatic N) is 2. The van der Waals surface area contributed by atoms with Gasteiger partial charge in [-0.1, -0.05) is 23.2 Å². The Bertz CT molecular complexity index is 949. The van der Waals surface area contributed by atoms with Gasteiger partial charge in [0.25, 0.3) is 5.91 Å². The molecule has 0 aliphatic carbocycles. The van der Waals surface area contributed by atoms with Crippen LogP contribution in [0.1, 0.15) is 5.69 Å². The number of nitrogens with one attached hydrogen (secondary N) is 2. The van der Waals surface area contributed by atoms with Gasteiger partial charge in [0.1, 0.15) is 17.9 Å². The first-order valence-corrected chi connectivity index (χ1v) is 8.78. The molecule has 0 saturated carbocycles. The maximum absolute atomic E-state index is 12.1. The number of aryl methyl sites for hydroxylation is 1. The van der Waals surface area contributed by atoms with Crippen molar-refractivity contribution in [2.45, 2.75) is 6.92 Å². The van der Waals surface area contributed by atoms with E-state index < -0.39 is 0 Å². The highest BCUT2D eigenvalue weighted by molar-refractivity contribution is 6.34. The zero-order chi connectivity index (χ0) is 19.2. The molecule has 3 rings (SSSR count). The molecule has 6 nitrogen and oxygen atoms in total. The van der Waals surface area contributed by atoms with Crippen molar-refractivity contribution in [1.82, 2.24) is 9.97 Å². The van der Waals surface area contributed by atoms with Gasteiger partial charge in [-0.05, 0) is 43.3 Å². The molecule has 1 amide bonds. The molecule has 1 aromatic heterocycles. The Morgan fingerprint density at radius 2 is 1.78 bits per heavy atom. The van der Waals surface area contributed by atoms with E-state index in [0.717, 1.165) is 11.4 Å². The highest BCUT2D eigenvalue weighted by atomic mass is 35.5. The lowest BCUT2D eigenvalue weighted by atomic mass is 10.2. The zero-order valence-electron chi connectivity index (χ0n) is 14.4. The molecular weight excluding hydrogens is 387 g/mol. The van der Waals surface area contributed by atoms with Crippen molar-refractivity contribution < 1.29 is 9.53 Å².